The van der Waals surface area contributed by atoms with Crippen LogP contribution in [0.5, 0.6) is 0 Å². The number of carbonyl (C=O) groups excluding carboxylic acids is 1. The summed E-state index contributed by atoms with van der Waals surface area (Å²) < 4.78 is 78.4. The van der Waals surface area contributed by atoms with Crippen molar-refractivity contribution in [2.24, 2.45) is 23.3 Å². The maximum absolute atomic E-state index is 13.5. The third-order valence-electron chi connectivity index (χ3n) is 5.31. The molecule has 1 aromatic rings. The number of aliphatic hydroxyl groups excluding tert-OH is 1. The molecule has 31 heavy (non-hydrogen) atoms. The van der Waals surface area contributed by atoms with Gasteiger partial charge in [0.25, 0.3) is 5.84 Å². The van der Waals surface area contributed by atoms with Crippen molar-refractivity contribution in [2.45, 2.75) is 31.3 Å². The highest BCUT2D eigenvalue weighted by Crippen LogP contribution is 2.38. The number of anilines is 1. The first kappa shape index (κ1) is 22.8. The zero-order chi connectivity index (χ0) is 23.1. The quantitative estimate of drug-likeness (QED) is 0.442. The number of halogens is 6. The molecule has 170 valence electrons. The number of hydrogen-bond acceptors (Lipinski definition) is 7. The van der Waals surface area contributed by atoms with E-state index in [9.17, 15) is 36.2 Å². The summed E-state index contributed by atoms with van der Waals surface area (Å²) in [6.45, 7) is 0.481. The van der Waals surface area contributed by atoms with Gasteiger partial charge in [0.05, 0.1) is 5.57 Å². The first-order valence-corrected chi connectivity index (χ1v) is 9.14. The number of alkyl halides is 6. The van der Waals surface area contributed by atoms with Crippen molar-refractivity contribution in [3.63, 3.8) is 0 Å². The van der Waals surface area contributed by atoms with Gasteiger partial charge in [-0.05, 0) is 25.0 Å². The molecule has 6 N–H and O–H groups in total. The summed E-state index contributed by atoms with van der Waals surface area (Å²) in [5, 5.41) is 16.5. The summed E-state index contributed by atoms with van der Waals surface area (Å²) in [6.07, 6.45) is -11.5. The number of amides is 1. The van der Waals surface area contributed by atoms with Crippen LogP contribution in [0, 0.1) is 11.8 Å². The molecular formula is C17H19F6N6O2+. The van der Waals surface area contributed by atoms with Gasteiger partial charge in [0.15, 0.2) is 17.6 Å². The van der Waals surface area contributed by atoms with Crippen LogP contribution in [0.1, 0.15) is 18.5 Å². The minimum atomic E-state index is -4.96. The number of rotatable bonds is 2. The average molecular weight is 453 g/mol. The molecule has 1 amide bonds. The van der Waals surface area contributed by atoms with Gasteiger partial charge in [-0.25, -0.2) is 9.79 Å². The van der Waals surface area contributed by atoms with Crippen LogP contribution in [0.2, 0.25) is 0 Å². The van der Waals surface area contributed by atoms with Crippen LogP contribution in [0.4, 0.5) is 32.2 Å². The summed E-state index contributed by atoms with van der Waals surface area (Å²) in [5.41, 5.74) is 9.72. The number of carbonyl (C=O) groups is 1. The van der Waals surface area contributed by atoms with Gasteiger partial charge in [-0.3, -0.25) is 5.73 Å². The zero-order valence-corrected chi connectivity index (χ0v) is 15.8. The Morgan fingerprint density at radius 2 is 1.74 bits per heavy atom. The molecule has 1 fully saturated rings. The van der Waals surface area contributed by atoms with Gasteiger partial charge in [-0.15, -0.1) is 10.2 Å². The second-order valence-electron chi connectivity index (χ2n) is 7.27. The number of hydrogen-bond donors (Lipinski definition) is 4. The van der Waals surface area contributed by atoms with E-state index in [1.54, 1.807) is 4.90 Å². The smallest absolute Gasteiger partial charge is 0.401 e. The first-order valence-electron chi connectivity index (χ1n) is 9.14. The molecule has 0 spiro atoms. The van der Waals surface area contributed by atoms with E-state index in [0.717, 1.165) is 12.1 Å². The largest absolute Gasteiger partial charge is 0.435 e. The van der Waals surface area contributed by atoms with Crippen LogP contribution in [0.3, 0.4) is 0 Å². The fourth-order valence-electron chi connectivity index (χ4n) is 3.71. The monoisotopic (exact) mass is 453 g/mol. The topological polar surface area (TPSA) is 132 Å². The summed E-state index contributed by atoms with van der Waals surface area (Å²) in [4.78, 5) is 15.2. The molecule has 2 aliphatic heterocycles. The van der Waals surface area contributed by atoms with Crippen molar-refractivity contribution in [1.82, 2.24) is 10.2 Å². The Balaban J connectivity index is 1.80. The van der Waals surface area contributed by atoms with Gasteiger partial charge < -0.3 is 15.7 Å². The number of allylic oxidation sites excluding steroid dienone is 1. The second kappa shape index (κ2) is 7.98. The highest BCUT2D eigenvalue weighted by Gasteiger charge is 2.55. The molecular weight excluding hydrogens is 434 g/mol. The normalized spacial score (nSPS) is 25.5. The van der Waals surface area contributed by atoms with E-state index in [-0.39, 0.29) is 37.4 Å². The standard InChI is InChI=1S/C17H18F6N6O2/c18-16(19,20)8-1-2-9(28-27-8)29-5-3-7(4-6-29)12(24)10-11(17(21,22)23)13(30)15(31)26-14(10)25/h1-2,7,11,13,30H,3-6,24H2,(H2,25,26,31)/p+1/t11-,13?/m1/s1. The minimum Gasteiger partial charge on any atom is -0.401 e. The van der Waals surface area contributed by atoms with E-state index in [1.165, 1.54) is 0 Å². The maximum atomic E-state index is 13.5. The number of nitrogens with two attached hydrogens (primary N) is 2. The molecule has 0 radical (unpaired) electrons. The predicted octanol–water partition coefficient (Wildman–Crippen LogP) is -0.558. The molecule has 2 atom stereocenters. The van der Waals surface area contributed by atoms with Crippen LogP contribution in [0.25, 0.3) is 0 Å². The number of amidine groups is 1. The molecule has 0 aliphatic carbocycles. The lowest BCUT2D eigenvalue weighted by Gasteiger charge is -2.35. The third kappa shape index (κ3) is 4.57. The van der Waals surface area contributed by atoms with Crippen LogP contribution in [-0.2, 0) is 11.0 Å². The number of piperidine rings is 1. The van der Waals surface area contributed by atoms with Gasteiger partial charge in [0, 0.05) is 24.7 Å². The predicted molar refractivity (Wildman–Crippen MR) is 93.9 cm³/mol. The van der Waals surface area contributed by atoms with Crippen LogP contribution in [0.15, 0.2) is 23.4 Å². The summed E-state index contributed by atoms with van der Waals surface area (Å²) in [6, 6.07) is 1.96. The number of aliphatic hydroxyl groups is 1. The molecule has 0 bridgehead atoms. The SMILES string of the molecule is NC1=[NH+]C(=O)C(O)[C@H](C(F)(F)F)C1=C(N)C1CCN(c2ccc(C(F)(F)F)nn2)CC1. The summed E-state index contributed by atoms with van der Waals surface area (Å²) in [5.74, 6) is -4.75. The number of nitrogens with zero attached hydrogens (tertiary/aromatic N) is 3. The van der Waals surface area contributed by atoms with Gasteiger partial charge in [0.1, 0.15) is 5.92 Å². The highest BCUT2D eigenvalue weighted by molar-refractivity contribution is 5.99. The highest BCUT2D eigenvalue weighted by atomic mass is 19.4. The van der Waals surface area contributed by atoms with Crippen LogP contribution < -0.4 is 21.4 Å². The van der Waals surface area contributed by atoms with E-state index in [4.69, 9.17) is 11.5 Å². The fraction of sp³-hybridized carbons (Fsp3) is 0.529. The molecule has 3 heterocycles. The second-order valence-corrected chi connectivity index (χ2v) is 7.27. The fourth-order valence-corrected chi connectivity index (χ4v) is 3.71. The van der Waals surface area contributed by atoms with Crippen molar-refractivity contribution in [3.05, 3.63) is 29.1 Å². The van der Waals surface area contributed by atoms with Crippen molar-refractivity contribution in [1.29, 1.82) is 0 Å². The van der Waals surface area contributed by atoms with Gasteiger partial charge in [0.2, 0.25) is 0 Å². The Hall–Kier alpha value is -2.90. The Morgan fingerprint density at radius 3 is 2.23 bits per heavy atom. The Labute approximate surface area is 171 Å². The summed E-state index contributed by atoms with van der Waals surface area (Å²) in [7, 11) is 0. The van der Waals surface area contributed by atoms with E-state index in [2.05, 4.69) is 10.2 Å². The first-order chi connectivity index (χ1) is 14.3. The minimum absolute atomic E-state index is 0.192. The van der Waals surface area contributed by atoms with Crippen molar-refractivity contribution in [2.75, 3.05) is 18.0 Å². The molecule has 1 saturated heterocycles. The molecule has 14 heteroatoms. The van der Waals surface area contributed by atoms with Gasteiger partial charge in [-0.2, -0.15) is 26.3 Å². The van der Waals surface area contributed by atoms with Crippen molar-refractivity contribution in [3.8, 4) is 0 Å². The van der Waals surface area contributed by atoms with Crippen LogP contribution in [-0.4, -0.2) is 52.4 Å². The van der Waals surface area contributed by atoms with E-state index in [1.807, 2.05) is 4.99 Å². The number of aromatic nitrogens is 2. The molecule has 0 aromatic carbocycles. The van der Waals surface area contributed by atoms with Crippen LogP contribution >= 0.6 is 0 Å². The van der Waals surface area contributed by atoms with E-state index in [0.29, 0.717) is 0 Å². The molecule has 3 rings (SSSR count). The molecule has 1 aromatic heterocycles. The lowest BCUT2D eigenvalue weighted by atomic mass is 9.82. The van der Waals surface area contributed by atoms with E-state index < -0.39 is 53.3 Å². The summed E-state index contributed by atoms with van der Waals surface area (Å²) >= 11 is 0. The van der Waals surface area contributed by atoms with Crippen molar-refractivity contribution >= 4 is 17.6 Å². The zero-order valence-electron chi connectivity index (χ0n) is 15.8. The lowest BCUT2D eigenvalue weighted by molar-refractivity contribution is -0.395. The molecule has 2 aliphatic rings. The molecule has 0 saturated carbocycles. The maximum Gasteiger partial charge on any atom is 0.435 e. The van der Waals surface area contributed by atoms with E-state index >= 15 is 0 Å². The Kier molecular flexibility index (Phi) is 5.86. The van der Waals surface area contributed by atoms with Gasteiger partial charge >= 0.3 is 18.3 Å². The number of nitrogens with one attached hydrogen (secondary N) is 1. The average Bonchev–Trinajstić information content (AvgIpc) is 2.68. The molecule has 8 nitrogen and oxygen atoms in total. The Morgan fingerprint density at radius 1 is 1.13 bits per heavy atom. The van der Waals surface area contributed by atoms with Crippen molar-refractivity contribution < 1.29 is 41.2 Å². The molecule has 1 unspecified atom stereocenters. The van der Waals surface area contributed by atoms with Gasteiger partial charge in [-0.1, -0.05) is 0 Å². The lowest BCUT2D eigenvalue weighted by Crippen LogP contribution is -2.86. The third-order valence-corrected chi connectivity index (χ3v) is 5.31. The Bertz CT molecular complexity index is 903.